The molecular weight excluding hydrogens is 228 g/mol. The van der Waals surface area contributed by atoms with E-state index >= 15 is 0 Å². The molecule has 0 heterocycles. The zero-order valence-corrected chi connectivity index (χ0v) is 11.4. The molecule has 1 aromatic rings. The van der Waals surface area contributed by atoms with Gasteiger partial charge in [-0.05, 0) is 43.0 Å². The molecule has 0 aliphatic heterocycles. The average molecular weight is 248 g/mol. The molecule has 3 heteroatoms. The number of rotatable bonds is 5. The highest BCUT2D eigenvalue weighted by Crippen LogP contribution is 2.24. The van der Waals surface area contributed by atoms with Gasteiger partial charge in [-0.2, -0.15) is 0 Å². The van der Waals surface area contributed by atoms with Crippen molar-refractivity contribution in [1.29, 1.82) is 0 Å². The van der Waals surface area contributed by atoms with Gasteiger partial charge in [0, 0.05) is 5.57 Å². The predicted molar refractivity (Wildman–Crippen MR) is 72.2 cm³/mol. The molecule has 0 spiro atoms. The van der Waals surface area contributed by atoms with Crippen LogP contribution in [0.15, 0.2) is 29.8 Å². The molecule has 0 atom stereocenters. The third-order valence-electron chi connectivity index (χ3n) is 2.84. The minimum absolute atomic E-state index is 0.278. The maximum Gasteiger partial charge on any atom is 0.331 e. The molecule has 0 radical (unpaired) electrons. The summed E-state index contributed by atoms with van der Waals surface area (Å²) < 4.78 is 5.61. The Balaban J connectivity index is 2.75. The summed E-state index contributed by atoms with van der Waals surface area (Å²) in [5, 5.41) is 8.73. The Kier molecular flexibility index (Phi) is 4.95. The summed E-state index contributed by atoms with van der Waals surface area (Å²) in [6.07, 6.45) is 1.57. The van der Waals surface area contributed by atoms with Crippen LogP contribution < -0.4 is 4.74 Å². The molecule has 0 saturated carbocycles. The first kappa shape index (κ1) is 14.3. The zero-order valence-electron chi connectivity index (χ0n) is 11.4. The summed E-state index contributed by atoms with van der Waals surface area (Å²) >= 11 is 0. The highest BCUT2D eigenvalue weighted by atomic mass is 16.5. The number of hydrogen-bond donors (Lipinski definition) is 1. The van der Waals surface area contributed by atoms with Gasteiger partial charge >= 0.3 is 5.97 Å². The van der Waals surface area contributed by atoms with Crippen LogP contribution in [0.1, 0.15) is 37.8 Å². The lowest BCUT2D eigenvalue weighted by molar-refractivity contribution is -0.132. The van der Waals surface area contributed by atoms with E-state index in [9.17, 15) is 4.79 Å². The van der Waals surface area contributed by atoms with Crippen LogP contribution in [0.3, 0.4) is 0 Å². The summed E-state index contributed by atoms with van der Waals surface area (Å²) in [4.78, 5) is 10.6. The lowest BCUT2D eigenvalue weighted by atomic mass is 10.0. The van der Waals surface area contributed by atoms with Crippen molar-refractivity contribution in [3.63, 3.8) is 0 Å². The molecule has 1 N–H and O–H groups in total. The molecule has 0 aliphatic rings. The lowest BCUT2D eigenvalue weighted by Gasteiger charge is -2.11. The Labute approximate surface area is 108 Å². The molecule has 0 fully saturated rings. The van der Waals surface area contributed by atoms with E-state index in [0.717, 1.165) is 11.3 Å². The second-order valence-electron chi connectivity index (χ2n) is 4.68. The Morgan fingerprint density at radius 2 is 2.11 bits per heavy atom. The second kappa shape index (κ2) is 6.24. The van der Waals surface area contributed by atoms with Crippen LogP contribution in [0.2, 0.25) is 0 Å². The van der Waals surface area contributed by atoms with Gasteiger partial charge in [0.2, 0.25) is 0 Å². The van der Waals surface area contributed by atoms with Crippen LogP contribution in [-0.4, -0.2) is 17.7 Å². The van der Waals surface area contributed by atoms with E-state index in [4.69, 9.17) is 9.84 Å². The minimum atomic E-state index is -0.911. The first-order valence-electron chi connectivity index (χ1n) is 6.05. The summed E-state index contributed by atoms with van der Waals surface area (Å²) in [6.45, 7) is 8.07. The molecule has 1 rings (SSSR count). The van der Waals surface area contributed by atoms with Gasteiger partial charge in [0.15, 0.2) is 0 Å². The van der Waals surface area contributed by atoms with Crippen LogP contribution in [0.25, 0.3) is 0 Å². The fourth-order valence-corrected chi connectivity index (χ4v) is 1.48. The van der Waals surface area contributed by atoms with Crippen molar-refractivity contribution in [2.45, 2.75) is 33.6 Å². The van der Waals surface area contributed by atoms with E-state index in [1.165, 1.54) is 5.56 Å². The number of carboxylic acid groups (broad SMARTS) is 1. The molecule has 0 bridgehead atoms. The maximum atomic E-state index is 10.6. The summed E-state index contributed by atoms with van der Waals surface area (Å²) in [5.74, 6) is 0.353. The fraction of sp³-hybridized carbons (Fsp3) is 0.400. The van der Waals surface area contributed by atoms with Gasteiger partial charge in [-0.15, -0.1) is 0 Å². The molecular formula is C15H20O3. The van der Waals surface area contributed by atoms with Crippen molar-refractivity contribution in [3.8, 4) is 5.75 Å². The number of carbonyl (C=O) groups is 1. The van der Waals surface area contributed by atoms with Gasteiger partial charge in [0.05, 0.1) is 0 Å². The molecule has 0 unspecified atom stereocenters. The van der Waals surface area contributed by atoms with Crippen molar-refractivity contribution in [2.24, 2.45) is 0 Å². The summed E-state index contributed by atoms with van der Waals surface area (Å²) in [7, 11) is 0. The monoisotopic (exact) mass is 248 g/mol. The number of ether oxygens (including phenoxy) is 1. The van der Waals surface area contributed by atoms with Crippen molar-refractivity contribution in [1.82, 2.24) is 0 Å². The molecule has 0 aliphatic carbocycles. The second-order valence-corrected chi connectivity index (χ2v) is 4.68. The van der Waals surface area contributed by atoms with Gasteiger partial charge in [-0.3, -0.25) is 0 Å². The number of aliphatic carboxylic acids is 1. The van der Waals surface area contributed by atoms with Gasteiger partial charge in [0.1, 0.15) is 12.4 Å². The van der Waals surface area contributed by atoms with Gasteiger partial charge < -0.3 is 9.84 Å². The van der Waals surface area contributed by atoms with E-state index in [2.05, 4.69) is 19.9 Å². The van der Waals surface area contributed by atoms with E-state index in [1.807, 2.05) is 19.1 Å². The van der Waals surface area contributed by atoms with Crippen LogP contribution in [0.5, 0.6) is 5.75 Å². The highest BCUT2D eigenvalue weighted by molar-refractivity contribution is 5.85. The Hall–Kier alpha value is -1.77. The molecule has 0 saturated heterocycles. The Bertz CT molecular complexity index is 459. The first-order valence-corrected chi connectivity index (χ1v) is 6.05. The van der Waals surface area contributed by atoms with Crippen LogP contribution in [-0.2, 0) is 4.79 Å². The van der Waals surface area contributed by atoms with E-state index in [-0.39, 0.29) is 6.61 Å². The van der Waals surface area contributed by atoms with Crippen molar-refractivity contribution < 1.29 is 14.6 Å². The first-order chi connectivity index (χ1) is 8.41. The largest absolute Gasteiger partial charge is 0.489 e. The Morgan fingerprint density at radius 3 is 2.67 bits per heavy atom. The van der Waals surface area contributed by atoms with Crippen molar-refractivity contribution >= 4 is 5.97 Å². The average Bonchev–Trinajstić information content (AvgIpc) is 2.30. The third-order valence-corrected chi connectivity index (χ3v) is 2.84. The van der Waals surface area contributed by atoms with E-state index < -0.39 is 5.97 Å². The lowest BCUT2D eigenvalue weighted by Crippen LogP contribution is -2.02. The van der Waals surface area contributed by atoms with Crippen molar-refractivity contribution in [3.05, 3.63) is 41.0 Å². The van der Waals surface area contributed by atoms with Gasteiger partial charge in [-0.25, -0.2) is 4.79 Å². The van der Waals surface area contributed by atoms with Crippen LogP contribution >= 0.6 is 0 Å². The van der Waals surface area contributed by atoms with E-state index in [1.54, 1.807) is 13.0 Å². The standard InChI is InChI=1S/C15H20O3/c1-10(2)13-6-5-11(3)14(9-13)18-8-7-12(4)15(16)17/h5-7,9-10H,8H2,1-4H3,(H,16,17). The summed E-state index contributed by atoms with van der Waals surface area (Å²) in [6, 6.07) is 6.13. The van der Waals surface area contributed by atoms with Crippen molar-refractivity contribution in [2.75, 3.05) is 6.61 Å². The molecule has 3 nitrogen and oxygen atoms in total. The van der Waals surface area contributed by atoms with E-state index in [0.29, 0.717) is 11.5 Å². The maximum absolute atomic E-state index is 10.6. The molecule has 18 heavy (non-hydrogen) atoms. The zero-order chi connectivity index (χ0) is 13.7. The van der Waals surface area contributed by atoms with Crippen LogP contribution in [0, 0.1) is 6.92 Å². The molecule has 98 valence electrons. The molecule has 1 aromatic carbocycles. The Morgan fingerprint density at radius 1 is 1.44 bits per heavy atom. The number of aryl methyl sites for hydroxylation is 1. The third kappa shape index (κ3) is 3.91. The molecule has 0 amide bonds. The molecule has 0 aromatic heterocycles. The highest BCUT2D eigenvalue weighted by Gasteiger charge is 2.05. The summed E-state index contributed by atoms with van der Waals surface area (Å²) in [5.41, 5.74) is 2.57. The number of benzene rings is 1. The number of carboxylic acids is 1. The SMILES string of the molecule is CC(=CCOc1cc(C(C)C)ccc1C)C(=O)O. The fourth-order valence-electron chi connectivity index (χ4n) is 1.48. The topological polar surface area (TPSA) is 46.5 Å². The van der Waals surface area contributed by atoms with Gasteiger partial charge in [0.25, 0.3) is 0 Å². The predicted octanol–water partition coefficient (Wildman–Crippen LogP) is 3.53. The van der Waals surface area contributed by atoms with Gasteiger partial charge in [-0.1, -0.05) is 26.0 Å². The minimum Gasteiger partial charge on any atom is -0.489 e. The number of hydrogen-bond acceptors (Lipinski definition) is 2. The van der Waals surface area contributed by atoms with Crippen LogP contribution in [0.4, 0.5) is 0 Å². The quantitative estimate of drug-likeness (QED) is 0.811. The smallest absolute Gasteiger partial charge is 0.331 e. The normalized spacial score (nSPS) is 11.7.